The number of hydrogen-bond donors (Lipinski definition) is 1. The minimum atomic E-state index is -0.149. The Hall–Kier alpha value is -2.79. The molecule has 2 heterocycles. The first-order valence-electron chi connectivity index (χ1n) is 7.64. The van der Waals surface area contributed by atoms with Crippen LogP contribution in [0.15, 0.2) is 60.0 Å². The summed E-state index contributed by atoms with van der Waals surface area (Å²) in [5.74, 6) is 1.22. The number of fused-ring (bicyclic) bond motifs is 1. The van der Waals surface area contributed by atoms with Crippen LogP contribution in [0.1, 0.15) is 10.4 Å². The van der Waals surface area contributed by atoms with Crippen molar-refractivity contribution in [1.82, 2.24) is 0 Å². The number of amides is 1. The summed E-state index contributed by atoms with van der Waals surface area (Å²) in [5, 5.41) is 4.93. The maximum Gasteiger partial charge on any atom is 0.255 e. The summed E-state index contributed by atoms with van der Waals surface area (Å²) in [5.41, 5.74) is 2.41. The number of thiophene rings is 1. The zero-order valence-corrected chi connectivity index (χ0v) is 13.6. The lowest BCUT2D eigenvalue weighted by Gasteiger charge is -2.19. The Morgan fingerprint density at radius 2 is 1.75 bits per heavy atom. The monoisotopic (exact) mass is 337 g/mol. The lowest BCUT2D eigenvalue weighted by atomic mass is 10.1. The van der Waals surface area contributed by atoms with E-state index in [-0.39, 0.29) is 5.91 Å². The molecule has 1 aromatic heterocycles. The van der Waals surface area contributed by atoms with Crippen LogP contribution in [0.3, 0.4) is 0 Å². The summed E-state index contributed by atoms with van der Waals surface area (Å²) in [6.45, 7) is 1.07. The van der Waals surface area contributed by atoms with E-state index in [1.54, 1.807) is 17.4 Å². The molecule has 5 heteroatoms. The van der Waals surface area contributed by atoms with Crippen molar-refractivity contribution in [2.75, 3.05) is 18.5 Å². The van der Waals surface area contributed by atoms with Gasteiger partial charge in [0.1, 0.15) is 13.2 Å². The molecule has 4 nitrogen and oxygen atoms in total. The number of rotatable bonds is 3. The maximum atomic E-state index is 12.4. The fraction of sp³-hybridized carbons (Fsp3) is 0.105. The molecule has 4 rings (SSSR count). The third kappa shape index (κ3) is 2.98. The van der Waals surface area contributed by atoms with Gasteiger partial charge in [-0.3, -0.25) is 4.79 Å². The van der Waals surface area contributed by atoms with Crippen LogP contribution < -0.4 is 14.8 Å². The molecule has 2 aromatic carbocycles. The Morgan fingerprint density at radius 1 is 0.958 bits per heavy atom. The van der Waals surface area contributed by atoms with Gasteiger partial charge in [0.25, 0.3) is 5.91 Å². The molecule has 0 saturated carbocycles. The average molecular weight is 337 g/mol. The molecule has 1 aliphatic heterocycles. The maximum absolute atomic E-state index is 12.4. The Bertz CT molecular complexity index is 857. The third-order valence-electron chi connectivity index (χ3n) is 3.75. The highest BCUT2D eigenvalue weighted by atomic mass is 32.1. The van der Waals surface area contributed by atoms with Crippen LogP contribution in [0.2, 0.25) is 0 Å². The van der Waals surface area contributed by atoms with E-state index >= 15 is 0 Å². The molecule has 0 atom stereocenters. The van der Waals surface area contributed by atoms with E-state index in [1.165, 1.54) is 4.88 Å². The van der Waals surface area contributed by atoms with Crippen molar-refractivity contribution in [3.63, 3.8) is 0 Å². The lowest BCUT2D eigenvalue weighted by Crippen LogP contribution is -2.16. The molecule has 0 unspecified atom stereocenters. The minimum Gasteiger partial charge on any atom is -0.486 e. The Kier molecular flexibility index (Phi) is 3.92. The smallest absolute Gasteiger partial charge is 0.255 e. The fourth-order valence-corrected chi connectivity index (χ4v) is 3.29. The molecule has 3 aromatic rings. The summed E-state index contributed by atoms with van der Waals surface area (Å²) < 4.78 is 11.0. The molecule has 0 spiro atoms. The molecule has 1 aliphatic rings. The van der Waals surface area contributed by atoms with Crippen molar-refractivity contribution < 1.29 is 14.3 Å². The summed E-state index contributed by atoms with van der Waals surface area (Å²) in [6, 6.07) is 17.1. The third-order valence-corrected chi connectivity index (χ3v) is 4.67. The first-order chi connectivity index (χ1) is 11.8. The molecule has 0 radical (unpaired) electrons. The molecule has 0 saturated heterocycles. The first kappa shape index (κ1) is 14.8. The molecule has 0 bridgehead atoms. The SMILES string of the molecule is O=C(Nc1ccc2c(c1)OCCO2)c1ccc(-c2cccs2)cc1. The van der Waals surface area contributed by atoms with Crippen molar-refractivity contribution in [3.8, 4) is 21.9 Å². The minimum absolute atomic E-state index is 0.149. The Labute approximate surface area is 143 Å². The normalized spacial score (nSPS) is 12.7. The number of carbonyl (C=O) groups is 1. The Balaban J connectivity index is 1.50. The largest absolute Gasteiger partial charge is 0.486 e. The van der Waals surface area contributed by atoms with Crippen LogP contribution in [-0.2, 0) is 0 Å². The van der Waals surface area contributed by atoms with Gasteiger partial charge in [-0.15, -0.1) is 11.3 Å². The number of anilines is 1. The molecule has 1 N–H and O–H groups in total. The number of hydrogen-bond acceptors (Lipinski definition) is 4. The fourth-order valence-electron chi connectivity index (χ4n) is 2.55. The quantitative estimate of drug-likeness (QED) is 0.769. The average Bonchev–Trinajstić information content (AvgIpc) is 3.16. The van der Waals surface area contributed by atoms with Crippen molar-refractivity contribution in [2.45, 2.75) is 0 Å². The number of ether oxygens (including phenoxy) is 2. The van der Waals surface area contributed by atoms with E-state index < -0.39 is 0 Å². The molecular formula is C19H15NO3S. The topological polar surface area (TPSA) is 47.6 Å². The first-order valence-corrected chi connectivity index (χ1v) is 8.52. The summed E-state index contributed by atoms with van der Waals surface area (Å²) in [7, 11) is 0. The summed E-state index contributed by atoms with van der Waals surface area (Å²) in [4.78, 5) is 13.6. The van der Waals surface area contributed by atoms with E-state index in [1.807, 2.05) is 47.8 Å². The van der Waals surface area contributed by atoms with Gasteiger partial charge in [-0.1, -0.05) is 18.2 Å². The van der Waals surface area contributed by atoms with E-state index in [0.717, 1.165) is 5.56 Å². The predicted molar refractivity (Wildman–Crippen MR) is 95.1 cm³/mol. The van der Waals surface area contributed by atoms with Gasteiger partial charge in [0.2, 0.25) is 0 Å². The highest BCUT2D eigenvalue weighted by Gasteiger charge is 2.13. The number of nitrogens with one attached hydrogen (secondary N) is 1. The molecule has 1 amide bonds. The van der Waals surface area contributed by atoms with E-state index in [4.69, 9.17) is 9.47 Å². The van der Waals surface area contributed by atoms with Gasteiger partial charge in [-0.2, -0.15) is 0 Å². The molecular weight excluding hydrogens is 322 g/mol. The lowest BCUT2D eigenvalue weighted by molar-refractivity contribution is 0.102. The molecule has 24 heavy (non-hydrogen) atoms. The van der Waals surface area contributed by atoms with Gasteiger partial charge in [0.05, 0.1) is 0 Å². The van der Waals surface area contributed by atoms with Gasteiger partial charge in [-0.25, -0.2) is 0 Å². The Morgan fingerprint density at radius 3 is 2.50 bits per heavy atom. The van der Waals surface area contributed by atoms with Crippen molar-refractivity contribution in [3.05, 3.63) is 65.5 Å². The van der Waals surface area contributed by atoms with Crippen LogP contribution in [0.4, 0.5) is 5.69 Å². The zero-order chi connectivity index (χ0) is 16.4. The second-order valence-corrected chi connectivity index (χ2v) is 6.31. The second-order valence-electron chi connectivity index (χ2n) is 5.37. The standard InChI is InChI=1S/C19H15NO3S/c21-19(14-5-3-13(4-6-14)18-2-1-11-24-18)20-15-7-8-16-17(12-15)23-10-9-22-16/h1-8,11-12H,9-10H2,(H,20,21). The van der Waals surface area contributed by atoms with Crippen molar-refractivity contribution in [1.29, 1.82) is 0 Å². The number of benzene rings is 2. The van der Waals surface area contributed by atoms with E-state index in [9.17, 15) is 4.79 Å². The van der Waals surface area contributed by atoms with Gasteiger partial charge in [-0.05, 0) is 41.3 Å². The van der Waals surface area contributed by atoms with Crippen LogP contribution in [0.5, 0.6) is 11.5 Å². The molecule has 0 fully saturated rings. The zero-order valence-electron chi connectivity index (χ0n) is 12.8. The highest BCUT2D eigenvalue weighted by molar-refractivity contribution is 7.13. The molecule has 120 valence electrons. The van der Waals surface area contributed by atoms with Gasteiger partial charge in [0, 0.05) is 22.2 Å². The second kappa shape index (κ2) is 6.37. The predicted octanol–water partition coefficient (Wildman–Crippen LogP) is 4.44. The van der Waals surface area contributed by atoms with Gasteiger partial charge in [0.15, 0.2) is 11.5 Å². The highest BCUT2D eigenvalue weighted by Crippen LogP contribution is 2.32. The number of carbonyl (C=O) groups excluding carboxylic acids is 1. The van der Waals surface area contributed by atoms with Crippen LogP contribution in [0.25, 0.3) is 10.4 Å². The van der Waals surface area contributed by atoms with Crippen LogP contribution >= 0.6 is 11.3 Å². The summed E-state index contributed by atoms with van der Waals surface area (Å²) >= 11 is 1.68. The van der Waals surface area contributed by atoms with Crippen LogP contribution in [0, 0.1) is 0 Å². The van der Waals surface area contributed by atoms with E-state index in [0.29, 0.717) is 36.0 Å². The van der Waals surface area contributed by atoms with Gasteiger partial charge >= 0.3 is 0 Å². The van der Waals surface area contributed by atoms with E-state index in [2.05, 4.69) is 11.4 Å². The molecule has 0 aliphatic carbocycles. The van der Waals surface area contributed by atoms with Crippen molar-refractivity contribution >= 4 is 22.9 Å². The summed E-state index contributed by atoms with van der Waals surface area (Å²) in [6.07, 6.45) is 0. The van der Waals surface area contributed by atoms with Crippen LogP contribution in [-0.4, -0.2) is 19.1 Å². The van der Waals surface area contributed by atoms with Crippen molar-refractivity contribution in [2.24, 2.45) is 0 Å². The van der Waals surface area contributed by atoms with Gasteiger partial charge < -0.3 is 14.8 Å².